The third-order valence-electron chi connectivity index (χ3n) is 3.42. The van der Waals surface area contributed by atoms with E-state index in [1.165, 1.54) is 10.4 Å². The first-order valence-corrected chi connectivity index (χ1v) is 7.90. The largest absolute Gasteiger partial charge is 0.299 e. The van der Waals surface area contributed by atoms with Crippen LogP contribution in [0.25, 0.3) is 0 Å². The van der Waals surface area contributed by atoms with Gasteiger partial charge in [-0.25, -0.2) is 0 Å². The lowest BCUT2D eigenvalue weighted by atomic mass is 10.1. The third-order valence-corrected chi connectivity index (χ3v) is 4.35. The number of benzene rings is 1. The lowest BCUT2D eigenvalue weighted by Crippen LogP contribution is -2.27. The Kier molecular flexibility index (Phi) is 5.50. The van der Waals surface area contributed by atoms with E-state index >= 15 is 0 Å². The van der Waals surface area contributed by atoms with Gasteiger partial charge in [-0.15, -0.1) is 11.3 Å². The lowest BCUT2D eigenvalue weighted by molar-refractivity contribution is 0.0947. The molecular formula is C17H21NOS. The molecular weight excluding hydrogens is 266 g/mol. The number of aryl methyl sites for hydroxylation is 1. The van der Waals surface area contributed by atoms with E-state index in [1.54, 1.807) is 11.3 Å². The molecule has 1 aromatic carbocycles. The lowest BCUT2D eigenvalue weighted by Gasteiger charge is -2.15. The first kappa shape index (κ1) is 14.9. The summed E-state index contributed by atoms with van der Waals surface area (Å²) in [4.78, 5) is 15.6. The van der Waals surface area contributed by atoms with E-state index in [4.69, 9.17) is 0 Å². The van der Waals surface area contributed by atoms with Crippen LogP contribution < -0.4 is 0 Å². The molecule has 0 aliphatic heterocycles. The zero-order valence-corrected chi connectivity index (χ0v) is 13.0. The van der Waals surface area contributed by atoms with Crippen molar-refractivity contribution in [1.82, 2.24) is 4.90 Å². The van der Waals surface area contributed by atoms with Crippen LogP contribution in [-0.4, -0.2) is 30.8 Å². The molecule has 3 heteroatoms. The van der Waals surface area contributed by atoms with Crippen LogP contribution >= 0.6 is 11.3 Å². The van der Waals surface area contributed by atoms with Gasteiger partial charge in [-0.3, -0.25) is 9.69 Å². The van der Waals surface area contributed by atoms with E-state index in [9.17, 15) is 4.79 Å². The molecule has 2 nitrogen and oxygen atoms in total. The highest BCUT2D eigenvalue weighted by Gasteiger charge is 2.09. The summed E-state index contributed by atoms with van der Waals surface area (Å²) in [6, 6.07) is 12.2. The monoisotopic (exact) mass is 287 g/mol. The van der Waals surface area contributed by atoms with E-state index < -0.39 is 0 Å². The van der Waals surface area contributed by atoms with Crippen LogP contribution in [0.1, 0.15) is 27.7 Å². The summed E-state index contributed by atoms with van der Waals surface area (Å²) >= 11 is 1.77. The maximum absolute atomic E-state index is 12.2. The van der Waals surface area contributed by atoms with Gasteiger partial charge < -0.3 is 0 Å². The fourth-order valence-electron chi connectivity index (χ4n) is 2.10. The summed E-state index contributed by atoms with van der Waals surface area (Å²) in [5.41, 5.74) is 2.08. The molecule has 106 valence electrons. The van der Waals surface area contributed by atoms with Crippen molar-refractivity contribution in [2.75, 3.05) is 20.1 Å². The quantitative estimate of drug-likeness (QED) is 0.724. The van der Waals surface area contributed by atoms with Crippen LogP contribution in [0.15, 0.2) is 41.8 Å². The molecule has 2 rings (SSSR count). The van der Waals surface area contributed by atoms with Crippen molar-refractivity contribution < 1.29 is 4.79 Å². The second kappa shape index (κ2) is 7.36. The van der Waals surface area contributed by atoms with Gasteiger partial charge in [0.2, 0.25) is 0 Å². The van der Waals surface area contributed by atoms with Crippen molar-refractivity contribution in [1.29, 1.82) is 0 Å². The summed E-state index contributed by atoms with van der Waals surface area (Å²) in [6.07, 6.45) is 2.02. The number of likely N-dealkylation sites (N-methyl/N-ethyl adjacent to an activating group) is 1. The van der Waals surface area contributed by atoms with Gasteiger partial charge in [0.1, 0.15) is 0 Å². The normalized spacial score (nSPS) is 10.9. The maximum atomic E-state index is 12.2. The number of Topliss-reactive ketones (excluding diaryl/α,β-unsaturated/α-hetero) is 1. The molecule has 0 aliphatic rings. The minimum Gasteiger partial charge on any atom is -0.299 e. The smallest absolute Gasteiger partial charge is 0.176 e. The molecule has 0 N–H and O–H groups in total. The Hall–Kier alpha value is -1.45. The molecule has 0 bridgehead atoms. The van der Waals surface area contributed by atoms with Gasteiger partial charge >= 0.3 is 0 Å². The predicted molar refractivity (Wildman–Crippen MR) is 85.7 cm³/mol. The van der Waals surface area contributed by atoms with Crippen molar-refractivity contribution in [3.05, 3.63) is 57.8 Å². The zero-order chi connectivity index (χ0) is 14.4. The second-order valence-electron chi connectivity index (χ2n) is 5.04. The minimum absolute atomic E-state index is 0.196. The molecule has 0 amide bonds. The number of carbonyl (C=O) groups is 1. The Morgan fingerprint density at radius 2 is 1.95 bits per heavy atom. The molecule has 0 fully saturated rings. The number of ketones is 1. The van der Waals surface area contributed by atoms with Crippen molar-refractivity contribution in [3.8, 4) is 0 Å². The van der Waals surface area contributed by atoms with Crippen molar-refractivity contribution >= 4 is 17.1 Å². The Bertz CT molecular complexity index is 531. The van der Waals surface area contributed by atoms with Gasteiger partial charge in [0.25, 0.3) is 0 Å². The number of hydrogen-bond donors (Lipinski definition) is 0. The molecule has 0 unspecified atom stereocenters. The molecule has 0 saturated heterocycles. The molecule has 20 heavy (non-hydrogen) atoms. The highest BCUT2D eigenvalue weighted by molar-refractivity contribution is 7.09. The van der Waals surface area contributed by atoms with Crippen LogP contribution in [0.3, 0.4) is 0 Å². The fourth-order valence-corrected chi connectivity index (χ4v) is 2.80. The molecule has 0 aliphatic carbocycles. The summed E-state index contributed by atoms with van der Waals surface area (Å²) in [6.45, 7) is 3.52. The molecule has 0 atom stereocenters. The predicted octanol–water partition coefficient (Wildman–Crippen LogP) is 3.67. The Balaban J connectivity index is 1.83. The molecule has 0 spiro atoms. The molecule has 2 aromatic rings. The average molecular weight is 287 g/mol. The number of carbonyl (C=O) groups excluding carboxylic acids is 1. The number of hydrogen-bond acceptors (Lipinski definition) is 3. The summed E-state index contributed by atoms with van der Waals surface area (Å²) < 4.78 is 0. The first-order chi connectivity index (χ1) is 9.69. The summed E-state index contributed by atoms with van der Waals surface area (Å²) in [5, 5.41) is 2.09. The standard InChI is InChI=1S/C17H21NOS/c1-3-14-6-8-15(9-7-14)17(19)13-18(2)11-10-16-5-4-12-20-16/h4-9,12H,3,10-11,13H2,1-2H3. The number of nitrogens with zero attached hydrogens (tertiary/aromatic N) is 1. The van der Waals surface area contributed by atoms with Gasteiger partial charge in [0.15, 0.2) is 5.78 Å². The highest BCUT2D eigenvalue weighted by Crippen LogP contribution is 2.10. The summed E-state index contributed by atoms with van der Waals surface area (Å²) in [5.74, 6) is 0.196. The van der Waals surface area contributed by atoms with Crippen LogP contribution in [0.5, 0.6) is 0 Å². The van der Waals surface area contributed by atoms with Gasteiger partial charge in [0.05, 0.1) is 6.54 Å². The van der Waals surface area contributed by atoms with E-state index in [0.717, 1.165) is 24.9 Å². The third kappa shape index (κ3) is 4.29. The topological polar surface area (TPSA) is 20.3 Å². The number of rotatable bonds is 7. The molecule has 0 saturated carbocycles. The zero-order valence-electron chi connectivity index (χ0n) is 12.1. The van der Waals surface area contributed by atoms with Gasteiger partial charge in [-0.05, 0) is 36.9 Å². The van der Waals surface area contributed by atoms with Crippen molar-refractivity contribution in [2.45, 2.75) is 19.8 Å². The first-order valence-electron chi connectivity index (χ1n) is 7.02. The Labute approximate surface area is 125 Å². The van der Waals surface area contributed by atoms with Gasteiger partial charge in [-0.1, -0.05) is 37.3 Å². The Morgan fingerprint density at radius 3 is 2.55 bits per heavy atom. The minimum atomic E-state index is 0.196. The van der Waals surface area contributed by atoms with E-state index in [0.29, 0.717) is 6.54 Å². The van der Waals surface area contributed by atoms with Crippen LogP contribution in [0.4, 0.5) is 0 Å². The SMILES string of the molecule is CCc1ccc(C(=O)CN(C)CCc2cccs2)cc1. The molecule has 1 aromatic heterocycles. The molecule has 0 radical (unpaired) electrons. The molecule has 1 heterocycles. The maximum Gasteiger partial charge on any atom is 0.176 e. The van der Waals surface area contributed by atoms with Gasteiger partial charge in [-0.2, -0.15) is 0 Å². The van der Waals surface area contributed by atoms with Crippen molar-refractivity contribution in [3.63, 3.8) is 0 Å². The fraction of sp³-hybridized carbons (Fsp3) is 0.353. The Morgan fingerprint density at radius 1 is 1.20 bits per heavy atom. The van der Waals surface area contributed by atoms with Crippen LogP contribution in [0.2, 0.25) is 0 Å². The van der Waals surface area contributed by atoms with Gasteiger partial charge in [0, 0.05) is 17.0 Å². The summed E-state index contributed by atoms with van der Waals surface area (Å²) in [7, 11) is 2.01. The van der Waals surface area contributed by atoms with Crippen LogP contribution in [-0.2, 0) is 12.8 Å². The highest BCUT2D eigenvalue weighted by atomic mass is 32.1. The van der Waals surface area contributed by atoms with E-state index in [2.05, 4.69) is 29.3 Å². The average Bonchev–Trinajstić information content (AvgIpc) is 2.98. The van der Waals surface area contributed by atoms with Crippen molar-refractivity contribution in [2.24, 2.45) is 0 Å². The van der Waals surface area contributed by atoms with E-state index in [1.807, 2.05) is 31.3 Å². The second-order valence-corrected chi connectivity index (χ2v) is 6.07. The van der Waals surface area contributed by atoms with Crippen LogP contribution in [0, 0.1) is 0 Å². The number of thiophene rings is 1. The van der Waals surface area contributed by atoms with E-state index in [-0.39, 0.29) is 5.78 Å².